The molecule has 1 aliphatic carbocycles. The van der Waals surface area contributed by atoms with E-state index in [2.05, 4.69) is 21.2 Å². The zero-order valence-corrected chi connectivity index (χ0v) is 13.6. The molecule has 2 rings (SSSR count). The van der Waals surface area contributed by atoms with Crippen molar-refractivity contribution in [1.82, 2.24) is 5.32 Å². The van der Waals surface area contributed by atoms with Crippen molar-refractivity contribution in [2.24, 2.45) is 11.3 Å². The van der Waals surface area contributed by atoms with E-state index in [4.69, 9.17) is 0 Å². The summed E-state index contributed by atoms with van der Waals surface area (Å²) in [5.74, 6) is -0.220. The second-order valence-electron chi connectivity index (χ2n) is 6.01. The smallest absolute Gasteiger partial charge is 0.224 e. The monoisotopic (exact) mass is 351 g/mol. The zero-order chi connectivity index (χ0) is 13.9. The average Bonchev–Trinajstić information content (AvgIpc) is 2.77. The molecule has 0 aromatic rings. The van der Waals surface area contributed by atoms with Gasteiger partial charge in [-0.3, -0.25) is 4.79 Å². The van der Waals surface area contributed by atoms with Gasteiger partial charge in [-0.15, -0.1) is 0 Å². The molecule has 6 heteroatoms. The van der Waals surface area contributed by atoms with Gasteiger partial charge < -0.3 is 5.32 Å². The van der Waals surface area contributed by atoms with Crippen molar-refractivity contribution in [2.45, 2.75) is 38.5 Å². The number of carbonyl (C=O) groups is 1. The standard InChI is InChI=1S/C13H22BrNO3S/c14-9-13(5-2-1-3-6-13)10-15-12(16)11-4-7-19(17,18)8-11/h11H,1-10H2,(H,15,16). The second kappa shape index (κ2) is 6.12. The first-order chi connectivity index (χ1) is 8.96. The van der Waals surface area contributed by atoms with Crippen molar-refractivity contribution in [2.75, 3.05) is 23.4 Å². The third-order valence-corrected chi connectivity index (χ3v) is 7.40. The summed E-state index contributed by atoms with van der Waals surface area (Å²) in [6.45, 7) is 0.674. The molecule has 0 bridgehead atoms. The molecule has 2 aliphatic rings. The maximum atomic E-state index is 12.0. The van der Waals surface area contributed by atoms with Crippen LogP contribution in [-0.4, -0.2) is 37.7 Å². The van der Waals surface area contributed by atoms with Crippen LogP contribution in [0.15, 0.2) is 0 Å². The van der Waals surface area contributed by atoms with Gasteiger partial charge in [-0.05, 0) is 24.7 Å². The van der Waals surface area contributed by atoms with Crippen molar-refractivity contribution in [3.8, 4) is 0 Å². The van der Waals surface area contributed by atoms with E-state index in [1.165, 1.54) is 19.3 Å². The molecule has 19 heavy (non-hydrogen) atoms. The van der Waals surface area contributed by atoms with Crippen LogP contribution in [0.5, 0.6) is 0 Å². The minimum Gasteiger partial charge on any atom is -0.355 e. The molecule has 4 nitrogen and oxygen atoms in total. The Hall–Kier alpha value is -0.100. The first-order valence-electron chi connectivity index (χ1n) is 7.01. The number of sulfone groups is 1. The largest absolute Gasteiger partial charge is 0.355 e. The van der Waals surface area contributed by atoms with Gasteiger partial charge in [-0.2, -0.15) is 0 Å². The van der Waals surface area contributed by atoms with Crippen LogP contribution in [0.1, 0.15) is 38.5 Å². The maximum absolute atomic E-state index is 12.0. The van der Waals surface area contributed by atoms with Gasteiger partial charge in [-0.1, -0.05) is 35.2 Å². The summed E-state index contributed by atoms with van der Waals surface area (Å²) < 4.78 is 22.8. The minimum absolute atomic E-state index is 0.0279. The predicted molar refractivity (Wildman–Crippen MR) is 79.1 cm³/mol. The third-order valence-electron chi connectivity index (χ3n) is 4.44. The van der Waals surface area contributed by atoms with Crippen LogP contribution in [0, 0.1) is 11.3 Å². The van der Waals surface area contributed by atoms with Gasteiger partial charge >= 0.3 is 0 Å². The van der Waals surface area contributed by atoms with E-state index >= 15 is 0 Å². The van der Waals surface area contributed by atoms with Crippen LogP contribution in [0.3, 0.4) is 0 Å². The summed E-state index contributed by atoms with van der Waals surface area (Å²) in [7, 11) is -2.97. The maximum Gasteiger partial charge on any atom is 0.224 e. The fraction of sp³-hybridized carbons (Fsp3) is 0.923. The van der Waals surface area contributed by atoms with E-state index in [0.29, 0.717) is 13.0 Å². The van der Waals surface area contributed by atoms with Crippen molar-refractivity contribution in [3.63, 3.8) is 0 Å². The Morgan fingerprint density at radius 1 is 1.26 bits per heavy atom. The topological polar surface area (TPSA) is 63.2 Å². The zero-order valence-electron chi connectivity index (χ0n) is 11.2. The van der Waals surface area contributed by atoms with Crippen LogP contribution in [0.4, 0.5) is 0 Å². The highest BCUT2D eigenvalue weighted by molar-refractivity contribution is 9.09. The van der Waals surface area contributed by atoms with E-state index in [0.717, 1.165) is 18.2 Å². The van der Waals surface area contributed by atoms with Gasteiger partial charge in [0.2, 0.25) is 5.91 Å². The summed E-state index contributed by atoms with van der Waals surface area (Å²) in [6.07, 6.45) is 6.49. The molecule has 0 aromatic heterocycles. The number of rotatable bonds is 4. The number of carbonyl (C=O) groups excluding carboxylic acids is 1. The van der Waals surface area contributed by atoms with Crippen LogP contribution in [-0.2, 0) is 14.6 Å². The highest BCUT2D eigenvalue weighted by Gasteiger charge is 2.35. The normalized spacial score (nSPS) is 29.0. The Balaban J connectivity index is 1.86. The molecule has 110 valence electrons. The second-order valence-corrected chi connectivity index (χ2v) is 8.80. The van der Waals surface area contributed by atoms with Crippen LogP contribution < -0.4 is 5.32 Å². The Bertz CT molecular complexity index is 429. The SMILES string of the molecule is O=C(NCC1(CBr)CCCCC1)C1CCS(=O)(=O)C1. The molecule has 0 radical (unpaired) electrons. The number of hydrogen-bond donors (Lipinski definition) is 1. The molecule has 1 saturated carbocycles. The molecular formula is C13H22BrNO3S. The predicted octanol–water partition coefficient (Wildman–Crippen LogP) is 1.88. The number of amides is 1. The molecule has 0 aromatic carbocycles. The lowest BCUT2D eigenvalue weighted by Gasteiger charge is -2.36. The van der Waals surface area contributed by atoms with Crippen LogP contribution in [0.25, 0.3) is 0 Å². The fourth-order valence-electron chi connectivity index (χ4n) is 3.08. The van der Waals surface area contributed by atoms with E-state index < -0.39 is 9.84 Å². The number of halogens is 1. The quantitative estimate of drug-likeness (QED) is 0.786. The van der Waals surface area contributed by atoms with Crippen molar-refractivity contribution in [3.05, 3.63) is 0 Å². The molecule has 0 spiro atoms. The number of alkyl halides is 1. The fourth-order valence-corrected chi connectivity index (χ4v) is 5.58. The Labute approximate surface area is 123 Å². The first-order valence-corrected chi connectivity index (χ1v) is 9.95. The lowest BCUT2D eigenvalue weighted by atomic mass is 9.75. The molecule has 1 heterocycles. The average molecular weight is 352 g/mol. The van der Waals surface area contributed by atoms with Crippen molar-refractivity contribution >= 4 is 31.7 Å². The van der Waals surface area contributed by atoms with Gasteiger partial charge in [0.1, 0.15) is 0 Å². The summed E-state index contributed by atoms with van der Waals surface area (Å²) in [6, 6.07) is 0. The summed E-state index contributed by atoms with van der Waals surface area (Å²) in [5, 5.41) is 3.90. The molecular weight excluding hydrogens is 330 g/mol. The Kier molecular flexibility index (Phi) is 4.93. The molecule has 1 unspecified atom stereocenters. The summed E-state index contributed by atoms with van der Waals surface area (Å²) in [4.78, 5) is 12.0. The van der Waals surface area contributed by atoms with Crippen molar-refractivity contribution in [1.29, 1.82) is 0 Å². The highest BCUT2D eigenvalue weighted by atomic mass is 79.9. The molecule has 1 atom stereocenters. The molecule has 2 fully saturated rings. The van der Waals surface area contributed by atoms with E-state index in [9.17, 15) is 13.2 Å². The third kappa shape index (κ3) is 3.94. The Morgan fingerprint density at radius 3 is 2.47 bits per heavy atom. The van der Waals surface area contributed by atoms with Crippen LogP contribution >= 0.6 is 15.9 Å². The number of hydrogen-bond acceptors (Lipinski definition) is 3. The van der Waals surface area contributed by atoms with Gasteiger partial charge in [0.05, 0.1) is 17.4 Å². The highest BCUT2D eigenvalue weighted by Crippen LogP contribution is 2.37. The van der Waals surface area contributed by atoms with E-state index in [-0.39, 0.29) is 28.7 Å². The van der Waals surface area contributed by atoms with Gasteiger partial charge in [0, 0.05) is 11.9 Å². The Morgan fingerprint density at radius 2 is 1.95 bits per heavy atom. The lowest BCUT2D eigenvalue weighted by molar-refractivity contribution is -0.124. The molecule has 1 N–H and O–H groups in total. The lowest BCUT2D eigenvalue weighted by Crippen LogP contribution is -2.42. The first kappa shape index (κ1) is 15.3. The van der Waals surface area contributed by atoms with E-state index in [1.54, 1.807) is 0 Å². The van der Waals surface area contributed by atoms with Crippen LogP contribution in [0.2, 0.25) is 0 Å². The summed E-state index contributed by atoms with van der Waals surface area (Å²) in [5.41, 5.74) is 0.172. The van der Waals surface area contributed by atoms with Gasteiger partial charge in [0.25, 0.3) is 0 Å². The van der Waals surface area contributed by atoms with Gasteiger partial charge in [-0.25, -0.2) is 8.42 Å². The molecule has 1 saturated heterocycles. The van der Waals surface area contributed by atoms with Crippen molar-refractivity contribution < 1.29 is 13.2 Å². The number of nitrogens with one attached hydrogen (secondary N) is 1. The molecule has 1 aliphatic heterocycles. The van der Waals surface area contributed by atoms with E-state index in [1.807, 2.05) is 0 Å². The van der Waals surface area contributed by atoms with Gasteiger partial charge in [0.15, 0.2) is 9.84 Å². The summed E-state index contributed by atoms with van der Waals surface area (Å²) >= 11 is 3.57. The molecule has 1 amide bonds. The minimum atomic E-state index is -2.97.